The number of alkyl carbamates (subject to hydrolysis) is 1. The number of thioether (sulfide) groups is 1. The van der Waals surface area contributed by atoms with E-state index < -0.39 is 24.3 Å². The number of aliphatic hydroxyl groups is 1. The van der Waals surface area contributed by atoms with Gasteiger partial charge in [0.15, 0.2) is 10.6 Å². The van der Waals surface area contributed by atoms with E-state index in [0.29, 0.717) is 5.75 Å². The number of nitrogens with one attached hydrogen (secondary N) is 1. The summed E-state index contributed by atoms with van der Waals surface area (Å²) in [5.74, 6) is -0.167. The molecule has 5 atom stereocenters. The molecule has 11 nitrogen and oxygen atoms in total. The number of aryl methyl sites for hydroxylation is 1. The van der Waals surface area contributed by atoms with Crippen molar-refractivity contribution in [2.45, 2.75) is 68.9 Å². The molecule has 13 heteroatoms. The van der Waals surface area contributed by atoms with Crippen LogP contribution in [-0.2, 0) is 43.6 Å². The molecule has 3 amide bonds. The van der Waals surface area contributed by atoms with Crippen LogP contribution >= 0.6 is 23.1 Å². The van der Waals surface area contributed by atoms with Crippen LogP contribution in [0.5, 0.6) is 0 Å². The largest absolute Gasteiger partial charge is 0.445 e. The van der Waals surface area contributed by atoms with Crippen molar-refractivity contribution in [1.82, 2.24) is 20.4 Å². The molecule has 3 aromatic carbocycles. The molecule has 2 fully saturated rings. The fraction of sp³-hybridized carbons (Fsp3) is 0.343. The summed E-state index contributed by atoms with van der Waals surface area (Å²) >= 11 is 3.15. The molecule has 3 heterocycles. The highest BCUT2D eigenvalue weighted by molar-refractivity contribution is 8.01. The van der Waals surface area contributed by atoms with Crippen LogP contribution in [-0.4, -0.2) is 56.0 Å². The topological polar surface area (TPSA) is 140 Å². The van der Waals surface area contributed by atoms with Crippen LogP contribution in [0.1, 0.15) is 58.6 Å². The number of hydrogen-bond acceptors (Lipinski definition) is 11. The third kappa shape index (κ3) is 8.10. The SMILES string of the molecule is Cc1nnc(SC[C@H]2O[C@@H](c3ccc(CN4C(=O)CC(NC(=O)OCc5ccccc5)C4=O)cc3)O[C@@H](c3ccc(CO)cc3)[C@H]2C)s1. The highest BCUT2D eigenvalue weighted by Gasteiger charge is 2.40. The molecule has 2 saturated heterocycles. The fourth-order valence-corrected chi connectivity index (χ4v) is 7.64. The second-order valence-corrected chi connectivity index (χ2v) is 14.2. The van der Waals surface area contributed by atoms with Gasteiger partial charge in [-0.3, -0.25) is 14.5 Å². The number of aliphatic hydroxyl groups excluding tert-OH is 1. The predicted octanol–water partition coefficient (Wildman–Crippen LogP) is 5.48. The maximum Gasteiger partial charge on any atom is 0.408 e. The number of carbonyl (C=O) groups is 3. The van der Waals surface area contributed by atoms with Gasteiger partial charge in [-0.05, 0) is 29.2 Å². The highest BCUT2D eigenvalue weighted by atomic mass is 32.2. The first-order valence-electron chi connectivity index (χ1n) is 15.6. The second-order valence-electron chi connectivity index (χ2n) is 11.7. The molecule has 0 radical (unpaired) electrons. The number of benzene rings is 3. The average molecular weight is 689 g/mol. The van der Waals surface area contributed by atoms with Gasteiger partial charge in [-0.15, -0.1) is 10.2 Å². The number of aromatic nitrogens is 2. The van der Waals surface area contributed by atoms with Crippen LogP contribution in [0.25, 0.3) is 0 Å². The van der Waals surface area contributed by atoms with E-state index in [0.717, 1.165) is 42.1 Å². The first-order valence-corrected chi connectivity index (χ1v) is 17.4. The molecule has 0 saturated carbocycles. The molecule has 6 rings (SSSR count). The maximum absolute atomic E-state index is 13.1. The van der Waals surface area contributed by atoms with Gasteiger partial charge in [-0.25, -0.2) is 4.79 Å². The Balaban J connectivity index is 1.10. The van der Waals surface area contributed by atoms with E-state index in [-0.39, 0.29) is 50.2 Å². The number of hydrogen-bond donors (Lipinski definition) is 2. The maximum atomic E-state index is 13.1. The number of ether oxygens (including phenoxy) is 3. The van der Waals surface area contributed by atoms with E-state index in [1.165, 1.54) is 0 Å². The minimum absolute atomic E-state index is 0.0198. The Labute approximate surface area is 286 Å². The van der Waals surface area contributed by atoms with E-state index in [1.54, 1.807) is 23.1 Å². The number of likely N-dealkylation sites (tertiary alicyclic amines) is 1. The lowest BCUT2D eigenvalue weighted by atomic mass is 9.91. The van der Waals surface area contributed by atoms with E-state index in [2.05, 4.69) is 22.4 Å². The Morgan fingerprint density at radius 1 is 0.979 bits per heavy atom. The predicted molar refractivity (Wildman–Crippen MR) is 179 cm³/mol. The summed E-state index contributed by atoms with van der Waals surface area (Å²) < 4.78 is 19.2. The second kappa shape index (κ2) is 15.4. The minimum atomic E-state index is -0.978. The van der Waals surface area contributed by atoms with E-state index in [9.17, 15) is 19.5 Å². The van der Waals surface area contributed by atoms with Crippen LogP contribution in [0.4, 0.5) is 4.79 Å². The van der Waals surface area contributed by atoms with Crippen molar-refractivity contribution in [2.24, 2.45) is 5.92 Å². The molecule has 0 spiro atoms. The van der Waals surface area contributed by atoms with Gasteiger partial charge in [0.2, 0.25) is 5.91 Å². The van der Waals surface area contributed by atoms with Gasteiger partial charge < -0.3 is 24.6 Å². The zero-order valence-electron chi connectivity index (χ0n) is 26.5. The Morgan fingerprint density at radius 2 is 1.69 bits per heavy atom. The first kappa shape index (κ1) is 33.7. The minimum Gasteiger partial charge on any atom is -0.445 e. The van der Waals surface area contributed by atoms with E-state index in [1.807, 2.05) is 85.8 Å². The van der Waals surface area contributed by atoms with Crippen molar-refractivity contribution in [3.63, 3.8) is 0 Å². The monoisotopic (exact) mass is 688 g/mol. The zero-order chi connectivity index (χ0) is 33.6. The summed E-state index contributed by atoms with van der Waals surface area (Å²) in [5, 5.41) is 21.3. The molecule has 0 bridgehead atoms. The van der Waals surface area contributed by atoms with Crippen LogP contribution in [0, 0.1) is 12.8 Å². The molecule has 1 unspecified atom stereocenters. The van der Waals surface area contributed by atoms with Crippen molar-refractivity contribution in [2.75, 3.05) is 5.75 Å². The van der Waals surface area contributed by atoms with Crippen molar-refractivity contribution in [3.8, 4) is 0 Å². The van der Waals surface area contributed by atoms with Gasteiger partial charge in [0.05, 0.1) is 31.8 Å². The molecule has 4 aromatic rings. The van der Waals surface area contributed by atoms with Crippen LogP contribution < -0.4 is 5.32 Å². The van der Waals surface area contributed by atoms with E-state index >= 15 is 0 Å². The van der Waals surface area contributed by atoms with Gasteiger partial charge in [0.1, 0.15) is 17.7 Å². The molecule has 0 aliphatic carbocycles. The Morgan fingerprint density at radius 3 is 2.38 bits per heavy atom. The molecule has 2 aliphatic rings. The van der Waals surface area contributed by atoms with E-state index in [4.69, 9.17) is 14.2 Å². The summed E-state index contributed by atoms with van der Waals surface area (Å²) in [5.41, 5.74) is 4.17. The molecule has 250 valence electrons. The standard InChI is InChI=1S/C35H36N4O7S2/c1-21-29(20-47-35-38-37-22(2)48-35)45-33(46-31(21)26-12-10-24(18-40)11-13-26)27-14-8-23(9-15-27)17-39-30(41)16-28(32(39)42)36-34(43)44-19-25-6-4-3-5-7-25/h3-15,21,28-29,31,33,40H,16-20H2,1-2H3,(H,36,43)/t21-,28?,29+,31+,33+/m0/s1. The van der Waals surface area contributed by atoms with Gasteiger partial charge in [0.25, 0.3) is 5.91 Å². The van der Waals surface area contributed by atoms with Gasteiger partial charge in [-0.2, -0.15) is 0 Å². The molecule has 48 heavy (non-hydrogen) atoms. The van der Waals surface area contributed by atoms with Crippen LogP contribution in [0.15, 0.2) is 83.2 Å². The van der Waals surface area contributed by atoms with Gasteiger partial charge in [0, 0.05) is 17.2 Å². The van der Waals surface area contributed by atoms with Crippen molar-refractivity contribution in [3.05, 3.63) is 112 Å². The summed E-state index contributed by atoms with van der Waals surface area (Å²) in [4.78, 5) is 39.3. The Bertz CT molecular complexity index is 1720. The molecule has 2 N–H and O–H groups in total. The smallest absolute Gasteiger partial charge is 0.408 e. The molecular weight excluding hydrogens is 653 g/mol. The number of nitrogens with zero attached hydrogens (tertiary/aromatic N) is 3. The van der Waals surface area contributed by atoms with Crippen molar-refractivity contribution >= 4 is 41.0 Å². The lowest BCUT2D eigenvalue weighted by Crippen LogP contribution is -2.41. The third-order valence-corrected chi connectivity index (χ3v) is 10.4. The van der Waals surface area contributed by atoms with Crippen molar-refractivity contribution < 1.29 is 33.7 Å². The summed E-state index contributed by atoms with van der Waals surface area (Å²) in [6.45, 7) is 4.13. The number of imide groups is 1. The summed E-state index contributed by atoms with van der Waals surface area (Å²) in [6, 6.07) is 23.4. The van der Waals surface area contributed by atoms with Gasteiger partial charge in [-0.1, -0.05) is 109 Å². The van der Waals surface area contributed by atoms with Gasteiger partial charge >= 0.3 is 6.09 Å². The fourth-order valence-electron chi connectivity index (χ4n) is 5.63. The summed E-state index contributed by atoms with van der Waals surface area (Å²) in [7, 11) is 0. The van der Waals surface area contributed by atoms with Crippen LogP contribution in [0.2, 0.25) is 0 Å². The number of carbonyl (C=O) groups excluding carboxylic acids is 3. The number of rotatable bonds is 11. The highest BCUT2D eigenvalue weighted by Crippen LogP contribution is 2.43. The van der Waals surface area contributed by atoms with Crippen molar-refractivity contribution in [1.29, 1.82) is 0 Å². The average Bonchev–Trinajstić information content (AvgIpc) is 3.64. The lowest BCUT2D eigenvalue weighted by molar-refractivity contribution is -0.268. The molecular formula is C35H36N4O7S2. The third-order valence-electron chi connectivity index (χ3n) is 8.34. The number of amides is 3. The normalized spacial score (nSPS) is 22.6. The Kier molecular flexibility index (Phi) is 10.8. The lowest BCUT2D eigenvalue weighted by Gasteiger charge is -2.41. The Hall–Kier alpha value is -4.14. The summed E-state index contributed by atoms with van der Waals surface area (Å²) in [6.07, 6.45) is -1.97. The first-order chi connectivity index (χ1) is 23.3. The quantitative estimate of drug-likeness (QED) is 0.154. The molecule has 1 aromatic heterocycles. The van der Waals surface area contributed by atoms with Crippen LogP contribution in [0.3, 0.4) is 0 Å². The zero-order valence-corrected chi connectivity index (χ0v) is 28.1. The molecule has 2 aliphatic heterocycles.